The summed E-state index contributed by atoms with van der Waals surface area (Å²) in [6, 6.07) is 16.0. The smallest absolute Gasteiger partial charge is 0.319 e. The van der Waals surface area contributed by atoms with Crippen LogP contribution in [-0.2, 0) is 9.59 Å². The second-order valence-electron chi connectivity index (χ2n) is 6.34. The van der Waals surface area contributed by atoms with E-state index in [2.05, 4.69) is 26.3 Å². The standard InChI is InChI=1S/C21H21N5O3S/c1-14(27)23-17-9-7-15(8-10-17)18-13-30-21(25-18)26-19(28)11-12-22-20(29)24-16-5-3-2-4-6-16/h2-10,13H,11-12H2,1H3,(H,23,27)(H2,22,24,29)(H,25,26,28). The van der Waals surface area contributed by atoms with Gasteiger partial charge in [-0.3, -0.25) is 9.59 Å². The van der Waals surface area contributed by atoms with Gasteiger partial charge in [-0.05, 0) is 24.3 Å². The van der Waals surface area contributed by atoms with Crippen LogP contribution in [0, 0.1) is 0 Å². The van der Waals surface area contributed by atoms with E-state index in [-0.39, 0.29) is 30.8 Å². The van der Waals surface area contributed by atoms with Gasteiger partial charge in [0.15, 0.2) is 5.13 Å². The van der Waals surface area contributed by atoms with Crippen molar-refractivity contribution < 1.29 is 14.4 Å². The van der Waals surface area contributed by atoms with Crippen molar-refractivity contribution >= 4 is 45.7 Å². The van der Waals surface area contributed by atoms with Crippen LogP contribution in [0.1, 0.15) is 13.3 Å². The van der Waals surface area contributed by atoms with Crippen LogP contribution in [0.4, 0.5) is 21.3 Å². The van der Waals surface area contributed by atoms with Crippen LogP contribution in [-0.4, -0.2) is 29.4 Å². The maximum absolute atomic E-state index is 12.1. The number of carbonyl (C=O) groups excluding carboxylic acids is 3. The predicted octanol–water partition coefficient (Wildman–Crippen LogP) is 3.92. The van der Waals surface area contributed by atoms with Crippen molar-refractivity contribution in [3.63, 3.8) is 0 Å². The number of carbonyl (C=O) groups is 3. The van der Waals surface area contributed by atoms with Crippen molar-refractivity contribution in [2.24, 2.45) is 0 Å². The Morgan fingerprint density at radius 2 is 1.60 bits per heavy atom. The summed E-state index contributed by atoms with van der Waals surface area (Å²) in [6.45, 7) is 1.65. The number of anilines is 3. The highest BCUT2D eigenvalue weighted by atomic mass is 32.1. The van der Waals surface area contributed by atoms with E-state index in [1.54, 1.807) is 24.3 Å². The average Bonchev–Trinajstić information content (AvgIpc) is 3.17. The van der Waals surface area contributed by atoms with E-state index in [0.717, 1.165) is 11.3 Å². The first kappa shape index (κ1) is 21.0. The van der Waals surface area contributed by atoms with Crippen molar-refractivity contribution in [1.29, 1.82) is 0 Å². The molecule has 0 radical (unpaired) electrons. The van der Waals surface area contributed by atoms with Crippen LogP contribution in [0.2, 0.25) is 0 Å². The third-order valence-electron chi connectivity index (χ3n) is 3.92. The predicted molar refractivity (Wildman–Crippen MR) is 119 cm³/mol. The van der Waals surface area contributed by atoms with E-state index in [1.807, 2.05) is 35.7 Å². The summed E-state index contributed by atoms with van der Waals surface area (Å²) >= 11 is 1.32. The molecule has 0 bridgehead atoms. The number of hydrogen-bond acceptors (Lipinski definition) is 5. The molecule has 1 aromatic heterocycles. The number of amides is 4. The Morgan fingerprint density at radius 1 is 0.900 bits per heavy atom. The summed E-state index contributed by atoms with van der Waals surface area (Å²) < 4.78 is 0. The fourth-order valence-corrected chi connectivity index (χ4v) is 3.30. The summed E-state index contributed by atoms with van der Waals surface area (Å²) in [6.07, 6.45) is 0.128. The van der Waals surface area contributed by atoms with Gasteiger partial charge >= 0.3 is 6.03 Å². The Kier molecular flexibility index (Phi) is 7.12. The van der Waals surface area contributed by atoms with E-state index >= 15 is 0 Å². The van der Waals surface area contributed by atoms with Gasteiger partial charge in [0.2, 0.25) is 11.8 Å². The molecule has 0 spiro atoms. The molecule has 0 atom stereocenters. The molecule has 0 saturated heterocycles. The van der Waals surface area contributed by atoms with Gasteiger partial charge in [-0.15, -0.1) is 11.3 Å². The molecule has 0 aliphatic carbocycles. The number of hydrogen-bond donors (Lipinski definition) is 4. The molecular weight excluding hydrogens is 402 g/mol. The monoisotopic (exact) mass is 423 g/mol. The van der Waals surface area contributed by atoms with E-state index in [0.29, 0.717) is 16.5 Å². The number of nitrogens with one attached hydrogen (secondary N) is 4. The lowest BCUT2D eigenvalue weighted by Crippen LogP contribution is -2.31. The number of rotatable bonds is 7. The van der Waals surface area contributed by atoms with Gasteiger partial charge in [0.25, 0.3) is 0 Å². The maximum Gasteiger partial charge on any atom is 0.319 e. The van der Waals surface area contributed by atoms with Crippen molar-refractivity contribution in [2.75, 3.05) is 22.5 Å². The van der Waals surface area contributed by atoms with Crippen molar-refractivity contribution in [2.45, 2.75) is 13.3 Å². The van der Waals surface area contributed by atoms with E-state index in [4.69, 9.17) is 0 Å². The van der Waals surface area contributed by atoms with E-state index in [1.165, 1.54) is 18.3 Å². The average molecular weight is 423 g/mol. The molecule has 3 aromatic rings. The third-order valence-corrected chi connectivity index (χ3v) is 4.68. The van der Waals surface area contributed by atoms with Crippen molar-refractivity contribution in [3.8, 4) is 11.3 Å². The molecule has 0 unspecified atom stereocenters. The molecule has 0 aliphatic rings. The van der Waals surface area contributed by atoms with Crippen LogP contribution in [0.3, 0.4) is 0 Å². The SMILES string of the molecule is CC(=O)Nc1ccc(-c2csc(NC(=O)CCNC(=O)Nc3ccccc3)n2)cc1. The van der Waals surface area contributed by atoms with Gasteiger partial charge in [0.05, 0.1) is 5.69 Å². The van der Waals surface area contributed by atoms with Gasteiger partial charge in [-0.1, -0.05) is 30.3 Å². The van der Waals surface area contributed by atoms with Crippen LogP contribution >= 0.6 is 11.3 Å². The number of aromatic nitrogens is 1. The zero-order valence-electron chi connectivity index (χ0n) is 16.3. The first-order valence-electron chi connectivity index (χ1n) is 9.23. The molecule has 30 heavy (non-hydrogen) atoms. The Morgan fingerprint density at radius 3 is 2.30 bits per heavy atom. The van der Waals surface area contributed by atoms with Crippen molar-refractivity contribution in [1.82, 2.24) is 10.3 Å². The summed E-state index contributed by atoms with van der Waals surface area (Å²) in [5.74, 6) is -0.370. The fraction of sp³-hybridized carbons (Fsp3) is 0.143. The van der Waals surface area contributed by atoms with Gasteiger partial charge in [0, 0.05) is 42.2 Å². The number of nitrogens with zero attached hydrogens (tertiary/aromatic N) is 1. The van der Waals surface area contributed by atoms with Crippen LogP contribution < -0.4 is 21.3 Å². The molecule has 3 rings (SSSR count). The number of benzene rings is 2. The topological polar surface area (TPSA) is 112 Å². The highest BCUT2D eigenvalue weighted by molar-refractivity contribution is 7.14. The largest absolute Gasteiger partial charge is 0.337 e. The summed E-state index contributed by atoms with van der Waals surface area (Å²) in [5.41, 5.74) is 2.99. The number of urea groups is 1. The van der Waals surface area contributed by atoms with E-state index in [9.17, 15) is 14.4 Å². The maximum atomic E-state index is 12.1. The van der Waals surface area contributed by atoms with Gasteiger partial charge in [0.1, 0.15) is 0 Å². The second kappa shape index (κ2) is 10.2. The normalized spacial score (nSPS) is 10.2. The van der Waals surface area contributed by atoms with Gasteiger partial charge in [-0.2, -0.15) is 0 Å². The number of para-hydroxylation sites is 1. The fourth-order valence-electron chi connectivity index (χ4n) is 2.56. The van der Waals surface area contributed by atoms with E-state index < -0.39 is 0 Å². The molecule has 4 amide bonds. The highest BCUT2D eigenvalue weighted by Crippen LogP contribution is 2.26. The minimum atomic E-state index is -0.367. The van der Waals surface area contributed by atoms with Crippen LogP contribution in [0.5, 0.6) is 0 Å². The first-order chi connectivity index (χ1) is 14.5. The molecule has 9 heteroatoms. The molecule has 154 valence electrons. The summed E-state index contributed by atoms with van der Waals surface area (Å²) in [5, 5.41) is 13.1. The van der Waals surface area contributed by atoms with Gasteiger partial charge < -0.3 is 21.3 Å². The lowest BCUT2D eigenvalue weighted by molar-refractivity contribution is -0.116. The lowest BCUT2D eigenvalue weighted by Gasteiger charge is -2.07. The molecule has 8 nitrogen and oxygen atoms in total. The molecule has 0 fully saturated rings. The quantitative estimate of drug-likeness (QED) is 0.461. The minimum Gasteiger partial charge on any atom is -0.337 e. The van der Waals surface area contributed by atoms with Crippen molar-refractivity contribution in [3.05, 3.63) is 60.0 Å². The molecular formula is C21H21N5O3S. The second-order valence-corrected chi connectivity index (χ2v) is 7.20. The van der Waals surface area contributed by atoms with Crippen LogP contribution in [0.15, 0.2) is 60.0 Å². The van der Waals surface area contributed by atoms with Crippen LogP contribution in [0.25, 0.3) is 11.3 Å². The Bertz CT molecular complexity index is 1020. The summed E-state index contributed by atoms with van der Waals surface area (Å²) in [4.78, 5) is 39.4. The lowest BCUT2D eigenvalue weighted by atomic mass is 10.1. The number of thiazole rings is 1. The summed E-state index contributed by atoms with van der Waals surface area (Å²) in [7, 11) is 0. The zero-order valence-corrected chi connectivity index (χ0v) is 17.1. The molecule has 0 saturated carbocycles. The Hall–Kier alpha value is -3.72. The van der Waals surface area contributed by atoms with Gasteiger partial charge in [-0.25, -0.2) is 9.78 Å². The molecule has 4 N–H and O–H groups in total. The zero-order chi connectivity index (χ0) is 21.3. The Labute approximate surface area is 177 Å². The Balaban J connectivity index is 1.44. The first-order valence-corrected chi connectivity index (χ1v) is 10.1. The highest BCUT2D eigenvalue weighted by Gasteiger charge is 2.09. The molecule has 0 aliphatic heterocycles. The molecule has 2 aromatic carbocycles. The third kappa shape index (κ3) is 6.42. The minimum absolute atomic E-state index is 0.128. The molecule has 1 heterocycles.